The van der Waals surface area contributed by atoms with Gasteiger partial charge in [0, 0.05) is 27.8 Å². The second-order valence-electron chi connectivity index (χ2n) is 17.2. The van der Waals surface area contributed by atoms with E-state index in [0.717, 1.165) is 73.2 Å². The molecule has 0 N–H and O–H groups in total. The van der Waals surface area contributed by atoms with Crippen molar-refractivity contribution in [2.45, 2.75) is 44.9 Å². The first-order chi connectivity index (χ1) is 28.7. The Kier molecular flexibility index (Phi) is 8.62. The van der Waals surface area contributed by atoms with Gasteiger partial charge in [-0.2, -0.15) is 5.26 Å². The van der Waals surface area contributed by atoms with E-state index in [1.165, 1.54) is 22.3 Å². The number of anilines is 3. The molecule has 0 aliphatic heterocycles. The number of rotatable bonds is 7. The first-order valence-electron chi connectivity index (χ1n) is 20.5. The number of fused-ring (bicyclic) bond motifs is 4. The highest BCUT2D eigenvalue weighted by atomic mass is 15.2. The SMILES string of the molecule is CC1(C)CC(C)(C)c2cc(-c3ccc(-n4c5c(C#N)cccc5c5cccc(N(c6cccc(-c7ccccc7)c6)c6cccc(-c7ccccc7)c6)c54)cc3)ccc21. The standard InChI is InChI=1S/C56H45N3/c1-55(2)37-56(3,4)51-35-43(29-32-50(51)55)40-27-30-45(31-28-40)59-53-44(36-57)21-13-24-48(53)49-25-14-26-52(54(49)59)58(46-22-11-19-41(33-46)38-15-7-5-8-16-38)47-23-12-20-42(34-47)39-17-9-6-10-18-39/h5-35H,37H2,1-4H3. The summed E-state index contributed by atoms with van der Waals surface area (Å²) in [5, 5.41) is 12.8. The van der Waals surface area contributed by atoms with Gasteiger partial charge in [0.2, 0.25) is 0 Å². The molecule has 8 aromatic carbocycles. The zero-order valence-electron chi connectivity index (χ0n) is 33.9. The minimum atomic E-state index is 0.120. The van der Waals surface area contributed by atoms with Crippen LogP contribution in [0.2, 0.25) is 0 Å². The van der Waals surface area contributed by atoms with Gasteiger partial charge in [0.15, 0.2) is 0 Å². The van der Waals surface area contributed by atoms with Gasteiger partial charge in [-0.05, 0) is 110 Å². The normalized spacial score (nSPS) is 13.9. The Hall–Kier alpha value is -7.15. The minimum absolute atomic E-state index is 0.120. The lowest BCUT2D eigenvalue weighted by Crippen LogP contribution is -2.17. The van der Waals surface area contributed by atoms with Crippen molar-refractivity contribution in [3.63, 3.8) is 0 Å². The Morgan fingerprint density at radius 3 is 1.56 bits per heavy atom. The van der Waals surface area contributed by atoms with Crippen LogP contribution in [0, 0.1) is 11.3 Å². The molecule has 3 heteroatoms. The third kappa shape index (κ3) is 6.20. The molecule has 0 atom stereocenters. The van der Waals surface area contributed by atoms with Gasteiger partial charge in [0.25, 0.3) is 0 Å². The lowest BCUT2D eigenvalue weighted by molar-refractivity contribution is 0.403. The van der Waals surface area contributed by atoms with Crippen LogP contribution in [0.15, 0.2) is 188 Å². The maximum absolute atomic E-state index is 10.6. The Bertz CT molecular complexity index is 2990. The molecular weight excluding hydrogens is 715 g/mol. The van der Waals surface area contributed by atoms with Crippen LogP contribution in [0.3, 0.4) is 0 Å². The fraction of sp³-hybridized carbons (Fsp3) is 0.125. The average Bonchev–Trinajstić information content (AvgIpc) is 3.71. The van der Waals surface area contributed by atoms with Gasteiger partial charge in [-0.25, -0.2) is 0 Å². The van der Waals surface area contributed by atoms with Gasteiger partial charge in [-0.15, -0.1) is 0 Å². The molecule has 1 aliphatic carbocycles. The van der Waals surface area contributed by atoms with E-state index in [2.05, 4.69) is 219 Å². The molecule has 59 heavy (non-hydrogen) atoms. The van der Waals surface area contributed by atoms with Crippen LogP contribution in [0.5, 0.6) is 0 Å². The lowest BCUT2D eigenvalue weighted by atomic mass is 9.82. The molecule has 0 bridgehead atoms. The first kappa shape index (κ1) is 36.2. The van der Waals surface area contributed by atoms with E-state index in [1.807, 2.05) is 12.1 Å². The van der Waals surface area contributed by atoms with Crippen molar-refractivity contribution in [2.75, 3.05) is 4.90 Å². The summed E-state index contributed by atoms with van der Waals surface area (Å²) in [6, 6.07) is 69.9. The fourth-order valence-electron chi connectivity index (χ4n) is 9.94. The Morgan fingerprint density at radius 2 is 0.949 bits per heavy atom. The molecule has 1 aliphatic rings. The number of para-hydroxylation sites is 2. The van der Waals surface area contributed by atoms with Gasteiger partial charge >= 0.3 is 0 Å². The van der Waals surface area contributed by atoms with Crippen LogP contribution in [-0.4, -0.2) is 4.57 Å². The summed E-state index contributed by atoms with van der Waals surface area (Å²) in [5.41, 5.74) is 16.9. The molecular formula is C56H45N3. The molecule has 0 saturated heterocycles. The molecule has 1 heterocycles. The highest BCUT2D eigenvalue weighted by molar-refractivity contribution is 6.15. The minimum Gasteiger partial charge on any atom is -0.308 e. The van der Waals surface area contributed by atoms with Gasteiger partial charge in [0.1, 0.15) is 6.07 Å². The number of hydrogen-bond acceptors (Lipinski definition) is 2. The highest BCUT2D eigenvalue weighted by Crippen LogP contribution is 2.50. The van der Waals surface area contributed by atoms with Crippen molar-refractivity contribution in [3.05, 3.63) is 205 Å². The third-order valence-electron chi connectivity index (χ3n) is 12.4. The second-order valence-corrected chi connectivity index (χ2v) is 17.2. The van der Waals surface area contributed by atoms with Crippen molar-refractivity contribution >= 4 is 38.9 Å². The zero-order valence-corrected chi connectivity index (χ0v) is 33.9. The van der Waals surface area contributed by atoms with E-state index in [0.29, 0.717) is 5.56 Å². The Morgan fingerprint density at radius 1 is 0.458 bits per heavy atom. The Labute approximate surface area is 347 Å². The number of nitrogens with zero attached hydrogens (tertiary/aromatic N) is 3. The van der Waals surface area contributed by atoms with Crippen LogP contribution in [0.1, 0.15) is 50.8 Å². The molecule has 0 unspecified atom stereocenters. The largest absolute Gasteiger partial charge is 0.308 e. The molecule has 10 rings (SSSR count). The zero-order chi connectivity index (χ0) is 40.3. The first-order valence-corrected chi connectivity index (χ1v) is 20.5. The molecule has 0 saturated carbocycles. The van der Waals surface area contributed by atoms with E-state index in [-0.39, 0.29) is 10.8 Å². The topological polar surface area (TPSA) is 32.0 Å². The van der Waals surface area contributed by atoms with Crippen LogP contribution >= 0.6 is 0 Å². The quantitative estimate of drug-likeness (QED) is 0.162. The molecule has 284 valence electrons. The summed E-state index contributed by atoms with van der Waals surface area (Å²) in [4.78, 5) is 2.38. The smallest absolute Gasteiger partial charge is 0.101 e. The van der Waals surface area contributed by atoms with Gasteiger partial charge in [-0.3, -0.25) is 0 Å². The molecule has 0 radical (unpaired) electrons. The lowest BCUT2D eigenvalue weighted by Gasteiger charge is -2.28. The van der Waals surface area contributed by atoms with E-state index >= 15 is 0 Å². The van der Waals surface area contributed by atoms with E-state index in [9.17, 15) is 5.26 Å². The number of aromatic nitrogens is 1. The maximum Gasteiger partial charge on any atom is 0.101 e. The molecule has 0 amide bonds. The van der Waals surface area contributed by atoms with Crippen LogP contribution in [-0.2, 0) is 10.8 Å². The van der Waals surface area contributed by atoms with Crippen LogP contribution < -0.4 is 4.90 Å². The number of nitriles is 1. The predicted octanol–water partition coefficient (Wildman–Crippen LogP) is 15.1. The fourth-order valence-corrected chi connectivity index (χ4v) is 9.94. The summed E-state index contributed by atoms with van der Waals surface area (Å²) in [7, 11) is 0. The average molecular weight is 760 g/mol. The van der Waals surface area contributed by atoms with Gasteiger partial charge in [-0.1, -0.05) is 167 Å². The summed E-state index contributed by atoms with van der Waals surface area (Å²) in [5.74, 6) is 0. The van der Waals surface area contributed by atoms with Crippen molar-refractivity contribution in [2.24, 2.45) is 0 Å². The molecule has 0 fully saturated rings. The Balaban J connectivity index is 1.20. The summed E-state index contributed by atoms with van der Waals surface area (Å²) in [6.45, 7) is 9.48. The van der Waals surface area contributed by atoms with Gasteiger partial charge < -0.3 is 9.47 Å². The van der Waals surface area contributed by atoms with Crippen molar-refractivity contribution < 1.29 is 0 Å². The van der Waals surface area contributed by atoms with Crippen molar-refractivity contribution in [1.82, 2.24) is 4.57 Å². The van der Waals surface area contributed by atoms with E-state index < -0.39 is 0 Å². The van der Waals surface area contributed by atoms with Crippen LogP contribution in [0.25, 0.3) is 60.9 Å². The van der Waals surface area contributed by atoms with Crippen molar-refractivity contribution in [1.29, 1.82) is 5.26 Å². The summed E-state index contributed by atoms with van der Waals surface area (Å²) in [6.07, 6.45) is 1.14. The molecule has 0 spiro atoms. The number of benzene rings is 8. The molecule has 9 aromatic rings. The second kappa shape index (κ2) is 14.0. The summed E-state index contributed by atoms with van der Waals surface area (Å²) >= 11 is 0. The predicted molar refractivity (Wildman–Crippen MR) is 247 cm³/mol. The van der Waals surface area contributed by atoms with E-state index in [1.54, 1.807) is 0 Å². The van der Waals surface area contributed by atoms with Gasteiger partial charge in [0.05, 0.1) is 22.3 Å². The monoisotopic (exact) mass is 759 g/mol. The highest BCUT2D eigenvalue weighted by Gasteiger charge is 2.41. The summed E-state index contributed by atoms with van der Waals surface area (Å²) < 4.78 is 2.31. The maximum atomic E-state index is 10.6. The van der Waals surface area contributed by atoms with Crippen LogP contribution in [0.4, 0.5) is 17.1 Å². The third-order valence-corrected chi connectivity index (χ3v) is 12.4. The van der Waals surface area contributed by atoms with E-state index in [4.69, 9.17) is 0 Å². The number of hydrogen-bond donors (Lipinski definition) is 0. The molecule has 1 aromatic heterocycles. The van der Waals surface area contributed by atoms with Crippen molar-refractivity contribution in [3.8, 4) is 45.1 Å². The molecule has 3 nitrogen and oxygen atoms in total.